The third-order valence-electron chi connectivity index (χ3n) is 3.81. The van der Waals surface area contributed by atoms with E-state index in [-0.39, 0.29) is 17.6 Å². The number of nitrogens with two attached hydrogens (primary N) is 1. The quantitative estimate of drug-likeness (QED) is 0.842. The predicted octanol–water partition coefficient (Wildman–Crippen LogP) is 2.86. The number of piperidine rings is 1. The molecule has 0 bridgehead atoms. The Balaban J connectivity index is 2.08. The highest BCUT2D eigenvalue weighted by Crippen LogP contribution is 2.27. The van der Waals surface area contributed by atoms with Gasteiger partial charge in [0.15, 0.2) is 0 Å². The summed E-state index contributed by atoms with van der Waals surface area (Å²) in [6.45, 7) is 4.93. The molecule has 1 aromatic rings. The molecule has 0 aliphatic carbocycles. The number of hydrogen-bond acceptors (Lipinski definition) is 3. The average molecular weight is 291 g/mol. The van der Waals surface area contributed by atoms with Gasteiger partial charge in [0.1, 0.15) is 5.82 Å². The Bertz CT molecular complexity index is 549. The lowest BCUT2D eigenvalue weighted by molar-refractivity contribution is -0.129. The Morgan fingerprint density at radius 2 is 2.10 bits per heavy atom. The van der Waals surface area contributed by atoms with Crippen LogP contribution in [0.25, 0.3) is 6.08 Å². The van der Waals surface area contributed by atoms with Crippen LogP contribution in [0.4, 0.5) is 15.8 Å². The molecule has 0 saturated carbocycles. The summed E-state index contributed by atoms with van der Waals surface area (Å²) in [5.74, 6) is -0.302. The van der Waals surface area contributed by atoms with Crippen molar-refractivity contribution >= 4 is 23.4 Å². The van der Waals surface area contributed by atoms with Crippen LogP contribution in [-0.2, 0) is 4.79 Å². The highest BCUT2D eigenvalue weighted by molar-refractivity contribution is 5.74. The van der Waals surface area contributed by atoms with Crippen LogP contribution in [0.1, 0.15) is 32.3 Å². The highest BCUT2D eigenvalue weighted by Gasteiger charge is 2.21. The van der Waals surface area contributed by atoms with E-state index >= 15 is 0 Å². The summed E-state index contributed by atoms with van der Waals surface area (Å²) in [6.07, 6.45) is 5.38. The largest absolute Gasteiger partial charge is 0.395 e. The van der Waals surface area contributed by atoms with Crippen molar-refractivity contribution < 1.29 is 9.18 Å². The summed E-state index contributed by atoms with van der Waals surface area (Å²) < 4.78 is 13.8. The number of halogens is 1. The molecule has 1 aliphatic heterocycles. The van der Waals surface area contributed by atoms with Crippen LogP contribution in [0.3, 0.4) is 0 Å². The molecule has 0 radical (unpaired) electrons. The molecule has 2 rings (SSSR count). The lowest BCUT2D eigenvalue weighted by Gasteiger charge is -2.32. The summed E-state index contributed by atoms with van der Waals surface area (Å²) >= 11 is 0. The van der Waals surface area contributed by atoms with E-state index in [0.717, 1.165) is 31.5 Å². The van der Waals surface area contributed by atoms with E-state index in [1.807, 2.05) is 30.0 Å². The average Bonchev–Trinajstić information content (AvgIpc) is 2.45. The van der Waals surface area contributed by atoms with Gasteiger partial charge < -0.3 is 16.0 Å². The van der Waals surface area contributed by atoms with Crippen LogP contribution in [0.15, 0.2) is 18.2 Å². The fourth-order valence-corrected chi connectivity index (χ4v) is 2.61. The molecule has 1 aromatic carbocycles. The highest BCUT2D eigenvalue weighted by atomic mass is 19.1. The molecule has 0 spiro atoms. The van der Waals surface area contributed by atoms with Crippen molar-refractivity contribution in [2.24, 2.45) is 0 Å². The van der Waals surface area contributed by atoms with E-state index in [2.05, 4.69) is 5.32 Å². The second-order valence-electron chi connectivity index (χ2n) is 5.39. The number of hydrogen-bond donors (Lipinski definition) is 2. The van der Waals surface area contributed by atoms with Gasteiger partial charge >= 0.3 is 0 Å². The maximum absolute atomic E-state index is 13.8. The summed E-state index contributed by atoms with van der Waals surface area (Å²) in [6, 6.07) is 3.50. The first-order valence-electron chi connectivity index (χ1n) is 7.25. The van der Waals surface area contributed by atoms with Crippen LogP contribution in [0.2, 0.25) is 0 Å². The lowest BCUT2D eigenvalue weighted by atomic mass is 10.0. The normalized spacial score (nSPS) is 16.4. The third-order valence-corrected chi connectivity index (χ3v) is 3.81. The van der Waals surface area contributed by atoms with Crippen molar-refractivity contribution in [3.8, 4) is 0 Å². The number of carbonyl (C=O) groups excluding carboxylic acids is 1. The maximum atomic E-state index is 13.8. The smallest absolute Gasteiger partial charge is 0.219 e. The first-order valence-corrected chi connectivity index (χ1v) is 7.25. The first kappa shape index (κ1) is 15.4. The molecule has 1 aliphatic rings. The van der Waals surface area contributed by atoms with E-state index in [4.69, 9.17) is 5.73 Å². The Morgan fingerprint density at radius 3 is 2.67 bits per heavy atom. The van der Waals surface area contributed by atoms with Crippen molar-refractivity contribution in [3.05, 3.63) is 29.6 Å². The topological polar surface area (TPSA) is 58.4 Å². The van der Waals surface area contributed by atoms with Gasteiger partial charge in [-0.05, 0) is 37.5 Å². The van der Waals surface area contributed by atoms with Gasteiger partial charge in [0.2, 0.25) is 5.91 Å². The Labute approximate surface area is 124 Å². The third kappa shape index (κ3) is 3.74. The van der Waals surface area contributed by atoms with Crippen molar-refractivity contribution in [2.45, 2.75) is 32.7 Å². The molecule has 0 atom stereocenters. The van der Waals surface area contributed by atoms with E-state index in [9.17, 15) is 9.18 Å². The zero-order chi connectivity index (χ0) is 15.4. The molecule has 1 saturated heterocycles. The zero-order valence-electron chi connectivity index (χ0n) is 12.5. The Morgan fingerprint density at radius 1 is 1.43 bits per heavy atom. The summed E-state index contributed by atoms with van der Waals surface area (Å²) in [5, 5.41) is 3.31. The zero-order valence-corrected chi connectivity index (χ0v) is 12.5. The lowest BCUT2D eigenvalue weighted by Crippen LogP contribution is -2.41. The molecule has 5 heteroatoms. The molecular formula is C16H22FN3O. The van der Waals surface area contributed by atoms with Gasteiger partial charge in [0.25, 0.3) is 0 Å². The number of nitrogens with zero attached hydrogens (tertiary/aromatic N) is 1. The van der Waals surface area contributed by atoms with Crippen LogP contribution < -0.4 is 11.1 Å². The van der Waals surface area contributed by atoms with Crippen LogP contribution in [0, 0.1) is 5.82 Å². The van der Waals surface area contributed by atoms with Gasteiger partial charge in [-0.1, -0.05) is 12.2 Å². The van der Waals surface area contributed by atoms with Crippen LogP contribution in [-0.4, -0.2) is 29.9 Å². The molecular weight excluding hydrogens is 269 g/mol. The fourth-order valence-electron chi connectivity index (χ4n) is 2.61. The molecule has 1 fully saturated rings. The number of anilines is 2. The molecule has 4 nitrogen and oxygen atoms in total. The van der Waals surface area contributed by atoms with Gasteiger partial charge in [0.05, 0.1) is 11.4 Å². The van der Waals surface area contributed by atoms with Crippen LogP contribution in [0.5, 0.6) is 0 Å². The minimum atomic E-state index is -0.408. The Kier molecular flexibility index (Phi) is 4.83. The number of allylic oxidation sites excluding steroid dienone is 1. The monoisotopic (exact) mass is 291 g/mol. The molecule has 114 valence electrons. The van der Waals surface area contributed by atoms with E-state index in [1.54, 1.807) is 6.92 Å². The van der Waals surface area contributed by atoms with Crippen LogP contribution >= 0.6 is 0 Å². The number of nitrogen functional groups attached to an aromatic ring is 1. The minimum absolute atomic E-state index is 0.106. The number of amides is 1. The number of benzene rings is 1. The van der Waals surface area contributed by atoms with E-state index in [0.29, 0.717) is 5.69 Å². The maximum Gasteiger partial charge on any atom is 0.219 e. The molecule has 0 unspecified atom stereocenters. The number of likely N-dealkylation sites (tertiary alicyclic amines) is 1. The fraction of sp³-hybridized carbons (Fsp3) is 0.438. The SMILES string of the molecule is C/C=C\c1cc(F)c(N)c(NC2CCN(C(C)=O)CC2)c1. The summed E-state index contributed by atoms with van der Waals surface area (Å²) in [4.78, 5) is 13.1. The standard InChI is InChI=1S/C16H22FN3O/c1-3-4-12-9-14(17)16(18)15(10-12)19-13-5-7-20(8-6-13)11(2)21/h3-4,9-10,13,19H,5-8,18H2,1-2H3/b4-3-. The minimum Gasteiger partial charge on any atom is -0.395 e. The molecule has 21 heavy (non-hydrogen) atoms. The van der Waals surface area contributed by atoms with Gasteiger partial charge in [-0.2, -0.15) is 0 Å². The number of nitrogens with one attached hydrogen (secondary N) is 1. The Hall–Kier alpha value is -2.04. The van der Waals surface area contributed by atoms with Crippen molar-refractivity contribution in [1.29, 1.82) is 0 Å². The number of carbonyl (C=O) groups is 1. The van der Waals surface area contributed by atoms with Crippen molar-refractivity contribution in [3.63, 3.8) is 0 Å². The van der Waals surface area contributed by atoms with Crippen molar-refractivity contribution in [2.75, 3.05) is 24.1 Å². The van der Waals surface area contributed by atoms with Gasteiger partial charge in [-0.25, -0.2) is 4.39 Å². The second kappa shape index (κ2) is 6.61. The summed E-state index contributed by atoms with van der Waals surface area (Å²) in [7, 11) is 0. The van der Waals surface area contributed by atoms with E-state index < -0.39 is 5.82 Å². The van der Waals surface area contributed by atoms with Gasteiger partial charge in [0, 0.05) is 26.1 Å². The van der Waals surface area contributed by atoms with Crippen molar-refractivity contribution in [1.82, 2.24) is 4.90 Å². The van der Waals surface area contributed by atoms with Gasteiger partial charge in [-0.3, -0.25) is 4.79 Å². The molecule has 1 heterocycles. The predicted molar refractivity (Wildman–Crippen MR) is 84.4 cm³/mol. The summed E-state index contributed by atoms with van der Waals surface area (Å²) in [5.41, 5.74) is 7.38. The molecule has 3 N–H and O–H groups in total. The molecule has 1 amide bonds. The van der Waals surface area contributed by atoms with Gasteiger partial charge in [-0.15, -0.1) is 0 Å². The second-order valence-corrected chi connectivity index (χ2v) is 5.39. The molecule has 0 aromatic heterocycles. The number of rotatable bonds is 3. The van der Waals surface area contributed by atoms with E-state index in [1.165, 1.54) is 6.07 Å². The first-order chi connectivity index (χ1) is 10.0.